The summed E-state index contributed by atoms with van der Waals surface area (Å²) in [6.07, 6.45) is 2.53. The number of carboxylic acids is 1. The minimum Gasteiger partial charge on any atom is -0.508 e. The number of hydrogen-bond acceptors (Lipinski definition) is 4. The number of rotatable bonds is 3. The van der Waals surface area contributed by atoms with Crippen molar-refractivity contribution in [3.8, 4) is 5.75 Å². The van der Waals surface area contributed by atoms with Crippen molar-refractivity contribution in [3.63, 3.8) is 0 Å². The molecule has 3 unspecified atom stereocenters. The Labute approximate surface area is 116 Å². The predicted octanol–water partition coefficient (Wildman–Crippen LogP) is 1.99. The van der Waals surface area contributed by atoms with Gasteiger partial charge in [0.25, 0.3) is 0 Å². The summed E-state index contributed by atoms with van der Waals surface area (Å²) in [7, 11) is 0. The number of phenols is 1. The van der Waals surface area contributed by atoms with Gasteiger partial charge in [-0.2, -0.15) is 0 Å². The average Bonchev–Trinajstić information content (AvgIpc) is 2.79. The normalized spacial score (nSPS) is 28.4. The smallest absolute Gasteiger partial charge is 0.306 e. The number of aliphatic imine (C=N–C) groups is 1. The molecular formula is C15H17NO4. The molecule has 0 radical (unpaired) electrons. The van der Waals surface area contributed by atoms with Crippen molar-refractivity contribution >= 4 is 11.9 Å². The van der Waals surface area contributed by atoms with Crippen LogP contribution in [0.3, 0.4) is 0 Å². The van der Waals surface area contributed by atoms with E-state index in [0.29, 0.717) is 25.2 Å². The van der Waals surface area contributed by atoms with Crippen LogP contribution in [0.5, 0.6) is 5.75 Å². The highest BCUT2D eigenvalue weighted by Gasteiger charge is 2.39. The molecule has 1 aliphatic carbocycles. The standard InChI is InChI=1S/C15H17NO4/c17-11-3-1-2-9(6-11)7-14-16-12-8-10(15(18)19)4-5-13(12)20-14/h1-3,6,10,12-13,17H,4-5,7-8H2,(H,18,19). The number of hydrogen-bond donors (Lipinski definition) is 2. The third kappa shape index (κ3) is 2.61. The molecule has 5 nitrogen and oxygen atoms in total. The van der Waals surface area contributed by atoms with Crippen LogP contribution in [-0.2, 0) is 16.0 Å². The molecule has 0 saturated heterocycles. The fraction of sp³-hybridized carbons (Fsp3) is 0.467. The summed E-state index contributed by atoms with van der Waals surface area (Å²) in [5.41, 5.74) is 0.942. The van der Waals surface area contributed by atoms with Crippen LogP contribution in [0.2, 0.25) is 0 Å². The zero-order valence-electron chi connectivity index (χ0n) is 11.0. The summed E-state index contributed by atoms with van der Waals surface area (Å²) in [4.78, 5) is 15.6. The second kappa shape index (κ2) is 5.15. The molecule has 2 N–H and O–H groups in total. The molecule has 1 aromatic rings. The lowest BCUT2D eigenvalue weighted by Gasteiger charge is -2.26. The van der Waals surface area contributed by atoms with E-state index in [-0.39, 0.29) is 23.8 Å². The number of carboxylic acid groups (broad SMARTS) is 1. The molecule has 1 aliphatic heterocycles. The van der Waals surface area contributed by atoms with Crippen LogP contribution in [-0.4, -0.2) is 34.2 Å². The van der Waals surface area contributed by atoms with Gasteiger partial charge in [-0.3, -0.25) is 4.79 Å². The Balaban J connectivity index is 1.68. The fourth-order valence-corrected chi connectivity index (χ4v) is 2.94. The zero-order chi connectivity index (χ0) is 14.1. The second-order valence-corrected chi connectivity index (χ2v) is 5.44. The highest BCUT2D eigenvalue weighted by molar-refractivity contribution is 5.81. The first-order chi connectivity index (χ1) is 9.61. The largest absolute Gasteiger partial charge is 0.508 e. The molecule has 0 aromatic heterocycles. The number of nitrogens with zero attached hydrogens (tertiary/aromatic N) is 1. The highest BCUT2D eigenvalue weighted by atomic mass is 16.5. The Hall–Kier alpha value is -2.04. The fourth-order valence-electron chi connectivity index (χ4n) is 2.94. The van der Waals surface area contributed by atoms with E-state index < -0.39 is 5.97 Å². The number of benzene rings is 1. The van der Waals surface area contributed by atoms with Crippen molar-refractivity contribution < 1.29 is 19.7 Å². The Morgan fingerprint density at radius 1 is 1.40 bits per heavy atom. The number of ether oxygens (including phenoxy) is 1. The van der Waals surface area contributed by atoms with Crippen LogP contribution in [0, 0.1) is 5.92 Å². The van der Waals surface area contributed by atoms with Crippen LogP contribution in [0.1, 0.15) is 24.8 Å². The molecule has 3 rings (SSSR count). The molecule has 2 aliphatic rings. The van der Waals surface area contributed by atoms with E-state index in [4.69, 9.17) is 9.84 Å². The van der Waals surface area contributed by atoms with E-state index in [1.54, 1.807) is 18.2 Å². The van der Waals surface area contributed by atoms with Crippen LogP contribution in [0.15, 0.2) is 29.3 Å². The van der Waals surface area contributed by atoms with E-state index in [1.807, 2.05) is 6.07 Å². The quantitative estimate of drug-likeness (QED) is 0.884. The van der Waals surface area contributed by atoms with Gasteiger partial charge in [0, 0.05) is 6.42 Å². The minimum absolute atomic E-state index is 0.0258. The van der Waals surface area contributed by atoms with Crippen LogP contribution in [0.4, 0.5) is 0 Å². The lowest BCUT2D eigenvalue weighted by atomic mass is 9.84. The molecule has 0 bridgehead atoms. The van der Waals surface area contributed by atoms with Crippen molar-refractivity contribution in [1.82, 2.24) is 0 Å². The monoisotopic (exact) mass is 275 g/mol. The van der Waals surface area contributed by atoms with Gasteiger partial charge in [0.15, 0.2) is 5.90 Å². The summed E-state index contributed by atoms with van der Waals surface area (Å²) < 4.78 is 5.81. The molecule has 1 heterocycles. The molecule has 3 atom stereocenters. The zero-order valence-corrected chi connectivity index (χ0v) is 11.0. The summed E-state index contributed by atoms with van der Waals surface area (Å²) in [5, 5.41) is 18.5. The number of aliphatic carboxylic acids is 1. The van der Waals surface area contributed by atoms with E-state index in [0.717, 1.165) is 12.0 Å². The van der Waals surface area contributed by atoms with Gasteiger partial charge in [-0.1, -0.05) is 12.1 Å². The molecule has 0 spiro atoms. The maximum Gasteiger partial charge on any atom is 0.306 e. The van der Waals surface area contributed by atoms with E-state index in [1.165, 1.54) is 0 Å². The predicted molar refractivity (Wildman–Crippen MR) is 72.9 cm³/mol. The van der Waals surface area contributed by atoms with Gasteiger partial charge in [0.05, 0.1) is 12.0 Å². The topological polar surface area (TPSA) is 79.1 Å². The van der Waals surface area contributed by atoms with E-state index >= 15 is 0 Å². The van der Waals surface area contributed by atoms with Gasteiger partial charge in [-0.05, 0) is 37.0 Å². The third-order valence-corrected chi connectivity index (χ3v) is 3.97. The highest BCUT2D eigenvalue weighted by Crippen LogP contribution is 2.33. The number of carbonyl (C=O) groups is 1. The minimum atomic E-state index is -0.736. The molecular weight excluding hydrogens is 258 g/mol. The molecule has 1 aromatic carbocycles. The van der Waals surface area contributed by atoms with Crippen LogP contribution in [0.25, 0.3) is 0 Å². The Morgan fingerprint density at radius 3 is 3.00 bits per heavy atom. The lowest BCUT2D eigenvalue weighted by molar-refractivity contribution is -0.143. The van der Waals surface area contributed by atoms with Gasteiger partial charge in [-0.15, -0.1) is 0 Å². The van der Waals surface area contributed by atoms with E-state index in [2.05, 4.69) is 4.99 Å². The second-order valence-electron chi connectivity index (χ2n) is 5.44. The SMILES string of the molecule is O=C(O)C1CCC2OC(Cc3cccc(O)c3)=NC2C1. The summed E-state index contributed by atoms with van der Waals surface area (Å²) in [6, 6.07) is 6.98. The van der Waals surface area contributed by atoms with Gasteiger partial charge in [0.1, 0.15) is 11.9 Å². The maximum absolute atomic E-state index is 11.0. The van der Waals surface area contributed by atoms with E-state index in [9.17, 15) is 9.90 Å². The lowest BCUT2D eigenvalue weighted by Crippen LogP contribution is -2.33. The maximum atomic E-state index is 11.0. The van der Waals surface area contributed by atoms with Gasteiger partial charge in [-0.25, -0.2) is 4.99 Å². The Bertz CT molecular complexity index is 555. The van der Waals surface area contributed by atoms with Gasteiger partial charge in [0.2, 0.25) is 0 Å². The van der Waals surface area contributed by atoms with Crippen LogP contribution < -0.4 is 0 Å². The molecule has 0 amide bonds. The third-order valence-electron chi connectivity index (χ3n) is 3.97. The number of phenolic OH excluding ortho intramolecular Hbond substituents is 1. The van der Waals surface area contributed by atoms with Gasteiger partial charge < -0.3 is 14.9 Å². The molecule has 5 heteroatoms. The first kappa shape index (κ1) is 13.0. The van der Waals surface area contributed by atoms with Crippen molar-refractivity contribution in [3.05, 3.63) is 29.8 Å². The summed E-state index contributed by atoms with van der Waals surface area (Å²) >= 11 is 0. The summed E-state index contributed by atoms with van der Waals surface area (Å²) in [5.74, 6) is -0.162. The molecule has 1 saturated carbocycles. The molecule has 20 heavy (non-hydrogen) atoms. The van der Waals surface area contributed by atoms with Crippen molar-refractivity contribution in [2.45, 2.75) is 37.8 Å². The number of aromatic hydroxyl groups is 1. The molecule has 1 fully saturated rings. The first-order valence-electron chi connectivity index (χ1n) is 6.86. The summed E-state index contributed by atoms with van der Waals surface area (Å²) in [6.45, 7) is 0. The van der Waals surface area contributed by atoms with Gasteiger partial charge >= 0.3 is 5.97 Å². The van der Waals surface area contributed by atoms with Crippen molar-refractivity contribution in [2.75, 3.05) is 0 Å². The number of fused-ring (bicyclic) bond motifs is 1. The molecule has 106 valence electrons. The Morgan fingerprint density at radius 2 is 2.25 bits per heavy atom. The van der Waals surface area contributed by atoms with Crippen LogP contribution >= 0.6 is 0 Å². The average molecular weight is 275 g/mol. The van der Waals surface area contributed by atoms with Crippen molar-refractivity contribution in [2.24, 2.45) is 10.9 Å². The first-order valence-corrected chi connectivity index (χ1v) is 6.86. The van der Waals surface area contributed by atoms with Crippen molar-refractivity contribution in [1.29, 1.82) is 0 Å². The Kier molecular flexibility index (Phi) is 3.34.